The first-order chi connectivity index (χ1) is 8.13. The largest absolute Gasteiger partial charge is 0.357 e. The molecule has 0 aromatic carbocycles. The third-order valence-electron chi connectivity index (χ3n) is 4.05. The molecule has 100 valence electrons. The molecule has 3 nitrogen and oxygen atoms in total. The zero-order valence-electron chi connectivity index (χ0n) is 11.7. The Labute approximate surface area is 106 Å². The Morgan fingerprint density at radius 1 is 1.35 bits per heavy atom. The van der Waals surface area contributed by atoms with E-state index in [2.05, 4.69) is 31.0 Å². The minimum atomic E-state index is 0.00636. The zero-order valence-corrected chi connectivity index (χ0v) is 11.7. The third-order valence-corrected chi connectivity index (χ3v) is 4.05. The Hall–Kier alpha value is -0.120. The van der Waals surface area contributed by atoms with Crippen LogP contribution in [-0.4, -0.2) is 42.9 Å². The Morgan fingerprint density at radius 3 is 2.65 bits per heavy atom. The molecule has 3 heteroatoms. The minimum absolute atomic E-state index is 0.00636. The Bertz CT molecular complexity index is 234. The summed E-state index contributed by atoms with van der Waals surface area (Å²) >= 11 is 0. The van der Waals surface area contributed by atoms with E-state index in [0.717, 1.165) is 31.7 Å². The van der Waals surface area contributed by atoms with E-state index in [1.54, 1.807) is 0 Å². The molecule has 2 saturated heterocycles. The van der Waals surface area contributed by atoms with Crippen LogP contribution in [0, 0.1) is 5.92 Å². The van der Waals surface area contributed by atoms with Crippen molar-refractivity contribution in [3.8, 4) is 0 Å². The number of ether oxygens (including phenoxy) is 1. The van der Waals surface area contributed by atoms with Gasteiger partial charge in [0.1, 0.15) is 5.72 Å². The van der Waals surface area contributed by atoms with Gasteiger partial charge in [-0.05, 0) is 18.8 Å². The van der Waals surface area contributed by atoms with Gasteiger partial charge in [0.25, 0.3) is 0 Å². The van der Waals surface area contributed by atoms with Gasteiger partial charge < -0.3 is 9.64 Å². The highest BCUT2D eigenvalue weighted by Gasteiger charge is 2.39. The molecule has 0 aromatic heterocycles. The fraction of sp³-hybridized carbons (Fsp3) is 1.00. The molecule has 2 rings (SSSR count). The molecule has 0 saturated carbocycles. The molecule has 2 fully saturated rings. The van der Waals surface area contributed by atoms with Crippen LogP contribution in [0.3, 0.4) is 0 Å². The van der Waals surface area contributed by atoms with Crippen LogP contribution in [0.5, 0.6) is 0 Å². The van der Waals surface area contributed by atoms with Crippen molar-refractivity contribution in [1.82, 2.24) is 10.2 Å². The first-order valence-corrected chi connectivity index (χ1v) is 7.29. The summed E-state index contributed by atoms with van der Waals surface area (Å²) in [7, 11) is 0. The third kappa shape index (κ3) is 3.43. The quantitative estimate of drug-likeness (QED) is 0.818. The first-order valence-electron chi connectivity index (χ1n) is 7.29. The lowest BCUT2D eigenvalue weighted by atomic mass is 9.96. The molecule has 0 aliphatic carbocycles. The molecule has 0 bridgehead atoms. The van der Waals surface area contributed by atoms with Crippen molar-refractivity contribution < 1.29 is 4.74 Å². The molecule has 1 N–H and O–H groups in total. The lowest BCUT2D eigenvalue weighted by Gasteiger charge is -2.47. The van der Waals surface area contributed by atoms with Crippen LogP contribution in [0.2, 0.25) is 0 Å². The lowest BCUT2D eigenvalue weighted by molar-refractivity contribution is -0.167. The predicted molar refractivity (Wildman–Crippen MR) is 71.0 cm³/mol. The number of nitrogens with zero attached hydrogens (tertiary/aromatic N) is 1. The van der Waals surface area contributed by atoms with E-state index in [9.17, 15) is 0 Å². The summed E-state index contributed by atoms with van der Waals surface area (Å²) < 4.78 is 6.28. The maximum atomic E-state index is 6.28. The van der Waals surface area contributed by atoms with E-state index in [0.29, 0.717) is 6.10 Å². The number of hydrogen-bond acceptors (Lipinski definition) is 3. The van der Waals surface area contributed by atoms with Crippen molar-refractivity contribution in [1.29, 1.82) is 0 Å². The predicted octanol–water partition coefficient (Wildman–Crippen LogP) is 2.22. The van der Waals surface area contributed by atoms with Crippen LogP contribution in [0.25, 0.3) is 0 Å². The second kappa shape index (κ2) is 5.68. The molecule has 17 heavy (non-hydrogen) atoms. The van der Waals surface area contributed by atoms with E-state index in [1.807, 2.05) is 0 Å². The van der Waals surface area contributed by atoms with Crippen LogP contribution in [0.1, 0.15) is 46.5 Å². The molecule has 1 spiro atoms. The van der Waals surface area contributed by atoms with Gasteiger partial charge in [-0.3, -0.25) is 5.32 Å². The summed E-state index contributed by atoms with van der Waals surface area (Å²) in [6, 6.07) is 0. The highest BCUT2D eigenvalue weighted by Crippen LogP contribution is 2.29. The second-order valence-electron chi connectivity index (χ2n) is 6.05. The highest BCUT2D eigenvalue weighted by molar-refractivity contribution is 4.89. The molecular weight excluding hydrogens is 212 g/mol. The molecule has 1 unspecified atom stereocenters. The fourth-order valence-electron chi connectivity index (χ4n) is 3.08. The normalized spacial score (nSPS) is 30.0. The standard InChI is InChI=1S/C14H28N2O/c1-4-13-5-8-15-14(17-13)6-9-16(10-7-14)11-12(2)3/h12-13,15H,4-11H2,1-3H3. The van der Waals surface area contributed by atoms with Crippen LogP contribution in [0.4, 0.5) is 0 Å². The van der Waals surface area contributed by atoms with Gasteiger partial charge in [0.2, 0.25) is 0 Å². The van der Waals surface area contributed by atoms with Crippen molar-refractivity contribution in [2.75, 3.05) is 26.2 Å². The summed E-state index contributed by atoms with van der Waals surface area (Å²) in [5.41, 5.74) is 0.00636. The van der Waals surface area contributed by atoms with E-state index in [-0.39, 0.29) is 5.72 Å². The SMILES string of the molecule is CCC1CCNC2(CCN(CC(C)C)CC2)O1. The van der Waals surface area contributed by atoms with Crippen molar-refractivity contribution >= 4 is 0 Å². The molecule has 2 heterocycles. The summed E-state index contributed by atoms with van der Waals surface area (Å²) in [5, 5.41) is 3.62. The number of piperidine rings is 1. The van der Waals surface area contributed by atoms with Gasteiger partial charge in [0, 0.05) is 39.0 Å². The smallest absolute Gasteiger partial charge is 0.122 e. The zero-order chi connectivity index (χ0) is 12.3. The first kappa shape index (κ1) is 13.3. The van der Waals surface area contributed by atoms with Gasteiger partial charge in [-0.2, -0.15) is 0 Å². The number of hydrogen-bond donors (Lipinski definition) is 1. The number of likely N-dealkylation sites (tertiary alicyclic amines) is 1. The monoisotopic (exact) mass is 240 g/mol. The summed E-state index contributed by atoms with van der Waals surface area (Å²) in [6.45, 7) is 11.6. The van der Waals surface area contributed by atoms with Crippen molar-refractivity contribution in [3.05, 3.63) is 0 Å². The molecule has 0 aromatic rings. The van der Waals surface area contributed by atoms with E-state index < -0.39 is 0 Å². The topological polar surface area (TPSA) is 24.5 Å². The molecule has 0 radical (unpaired) electrons. The van der Waals surface area contributed by atoms with E-state index in [1.165, 1.54) is 26.1 Å². The number of nitrogens with one attached hydrogen (secondary N) is 1. The van der Waals surface area contributed by atoms with Crippen LogP contribution in [-0.2, 0) is 4.74 Å². The maximum absolute atomic E-state index is 6.28. The van der Waals surface area contributed by atoms with Crippen molar-refractivity contribution in [3.63, 3.8) is 0 Å². The summed E-state index contributed by atoms with van der Waals surface area (Å²) in [5.74, 6) is 0.771. The van der Waals surface area contributed by atoms with Crippen LogP contribution >= 0.6 is 0 Å². The highest BCUT2D eigenvalue weighted by atomic mass is 16.5. The van der Waals surface area contributed by atoms with Gasteiger partial charge >= 0.3 is 0 Å². The fourth-order valence-corrected chi connectivity index (χ4v) is 3.08. The summed E-state index contributed by atoms with van der Waals surface area (Å²) in [4.78, 5) is 2.58. The second-order valence-corrected chi connectivity index (χ2v) is 6.05. The van der Waals surface area contributed by atoms with Gasteiger partial charge in [-0.25, -0.2) is 0 Å². The molecule has 2 aliphatic heterocycles. The van der Waals surface area contributed by atoms with Gasteiger partial charge in [0.05, 0.1) is 6.10 Å². The average molecular weight is 240 g/mol. The van der Waals surface area contributed by atoms with Gasteiger partial charge in [-0.1, -0.05) is 20.8 Å². The minimum Gasteiger partial charge on any atom is -0.357 e. The van der Waals surface area contributed by atoms with Gasteiger partial charge in [0.15, 0.2) is 0 Å². The maximum Gasteiger partial charge on any atom is 0.122 e. The van der Waals surface area contributed by atoms with Gasteiger partial charge in [-0.15, -0.1) is 0 Å². The Balaban J connectivity index is 1.84. The summed E-state index contributed by atoms with van der Waals surface area (Å²) in [6.07, 6.45) is 5.10. The van der Waals surface area contributed by atoms with Crippen LogP contribution < -0.4 is 5.32 Å². The average Bonchev–Trinajstić information content (AvgIpc) is 2.32. The van der Waals surface area contributed by atoms with Crippen molar-refractivity contribution in [2.24, 2.45) is 5.92 Å². The Morgan fingerprint density at radius 2 is 2.06 bits per heavy atom. The Kier molecular flexibility index (Phi) is 4.45. The molecule has 2 aliphatic rings. The van der Waals surface area contributed by atoms with Crippen LogP contribution in [0.15, 0.2) is 0 Å². The van der Waals surface area contributed by atoms with E-state index in [4.69, 9.17) is 4.74 Å². The lowest BCUT2D eigenvalue weighted by Crippen LogP contribution is -2.60. The van der Waals surface area contributed by atoms with E-state index >= 15 is 0 Å². The molecule has 1 atom stereocenters. The molecule has 0 amide bonds. The number of rotatable bonds is 3. The molecular formula is C14H28N2O. The van der Waals surface area contributed by atoms with Crippen molar-refractivity contribution in [2.45, 2.75) is 58.3 Å².